The molecule has 0 bridgehead atoms. The molecule has 6 nitrogen and oxygen atoms in total. The minimum atomic E-state index is -3.46. The van der Waals surface area contributed by atoms with E-state index in [4.69, 9.17) is 11.6 Å². The lowest BCUT2D eigenvalue weighted by atomic mass is 9.86. The van der Waals surface area contributed by atoms with Crippen LogP contribution >= 0.6 is 11.6 Å². The van der Waals surface area contributed by atoms with E-state index in [0.29, 0.717) is 27.4 Å². The highest BCUT2D eigenvalue weighted by molar-refractivity contribution is 7.90. The van der Waals surface area contributed by atoms with Gasteiger partial charge < -0.3 is 5.32 Å². The summed E-state index contributed by atoms with van der Waals surface area (Å²) in [6.45, 7) is 6.36. The van der Waals surface area contributed by atoms with Gasteiger partial charge in [-0.15, -0.1) is 0 Å². The third-order valence-electron chi connectivity index (χ3n) is 5.74. The second kappa shape index (κ2) is 9.32. The number of hydrogen-bond acceptors (Lipinski definition) is 4. The predicted molar refractivity (Wildman–Crippen MR) is 141 cm³/mol. The Hall–Kier alpha value is -3.42. The molecule has 0 saturated heterocycles. The maximum atomic E-state index is 13.4. The van der Waals surface area contributed by atoms with Crippen LogP contribution in [0.15, 0.2) is 77.8 Å². The van der Waals surface area contributed by atoms with Gasteiger partial charge in [0.1, 0.15) is 0 Å². The van der Waals surface area contributed by atoms with E-state index >= 15 is 0 Å². The van der Waals surface area contributed by atoms with Crippen molar-refractivity contribution in [1.29, 1.82) is 0 Å². The highest BCUT2D eigenvalue weighted by atomic mass is 35.5. The zero-order chi connectivity index (χ0) is 25.4. The molecule has 0 aliphatic rings. The van der Waals surface area contributed by atoms with Gasteiger partial charge in [-0.25, -0.2) is 8.42 Å². The third-order valence-corrected chi connectivity index (χ3v) is 7.18. The van der Waals surface area contributed by atoms with Crippen molar-refractivity contribution >= 4 is 33.0 Å². The number of sulfone groups is 1. The number of H-pyrrole nitrogens is 1. The van der Waals surface area contributed by atoms with Crippen LogP contribution in [-0.4, -0.2) is 30.8 Å². The van der Waals surface area contributed by atoms with Gasteiger partial charge in [0, 0.05) is 29.3 Å². The summed E-state index contributed by atoms with van der Waals surface area (Å²) in [7, 11) is -3.46. The molecular formula is C27H26ClN3O3S. The van der Waals surface area contributed by atoms with Crippen molar-refractivity contribution in [2.24, 2.45) is 0 Å². The summed E-state index contributed by atoms with van der Waals surface area (Å²) < 4.78 is 24.5. The second-order valence-electron chi connectivity index (χ2n) is 9.43. The fraction of sp³-hybridized carbons (Fsp3) is 0.185. The first-order valence-corrected chi connectivity index (χ1v) is 13.3. The summed E-state index contributed by atoms with van der Waals surface area (Å²) in [5.74, 6) is -0.363. The SMILES string of the molecule is CC(C)(C)c1ccc(-c2cc(S(C)(=O)=O)ccc2C(=O)Nc2ccc(Cl)c(-c3ccn[nH]3)c2)cc1. The Kier molecular flexibility index (Phi) is 6.58. The molecule has 35 heavy (non-hydrogen) atoms. The first-order chi connectivity index (χ1) is 16.4. The summed E-state index contributed by atoms with van der Waals surface area (Å²) in [5, 5.41) is 10.2. The van der Waals surface area contributed by atoms with Crippen LogP contribution in [0.4, 0.5) is 5.69 Å². The van der Waals surface area contributed by atoms with Crippen LogP contribution in [0, 0.1) is 0 Å². The minimum absolute atomic E-state index is 0.0334. The average molecular weight is 508 g/mol. The molecule has 0 aliphatic heterocycles. The molecule has 0 atom stereocenters. The fourth-order valence-corrected chi connectivity index (χ4v) is 4.62. The van der Waals surface area contributed by atoms with Crippen LogP contribution in [0.2, 0.25) is 5.02 Å². The largest absolute Gasteiger partial charge is 0.322 e. The highest BCUT2D eigenvalue weighted by Gasteiger charge is 2.19. The van der Waals surface area contributed by atoms with E-state index in [1.807, 2.05) is 24.3 Å². The number of aromatic amines is 1. The Labute approximate surface area is 210 Å². The molecule has 8 heteroatoms. The van der Waals surface area contributed by atoms with Crippen LogP contribution < -0.4 is 5.32 Å². The standard InChI is InChI=1S/C27H26ClN3O3S/c1-27(2,3)18-7-5-17(6-8-18)22-16-20(35(4,33)34)10-11-21(22)26(32)30-19-9-12-24(28)23(15-19)25-13-14-29-31-25/h5-16H,1-4H3,(H,29,31)(H,30,32). The smallest absolute Gasteiger partial charge is 0.256 e. The van der Waals surface area contributed by atoms with Crippen LogP contribution in [0.3, 0.4) is 0 Å². The Morgan fingerprint density at radius 3 is 2.26 bits per heavy atom. The van der Waals surface area contributed by atoms with Crippen molar-refractivity contribution in [3.8, 4) is 22.4 Å². The molecule has 1 amide bonds. The number of nitrogens with zero attached hydrogens (tertiary/aromatic N) is 1. The molecule has 0 fully saturated rings. The molecule has 2 N–H and O–H groups in total. The van der Waals surface area contributed by atoms with Crippen molar-refractivity contribution in [2.75, 3.05) is 11.6 Å². The molecule has 0 unspecified atom stereocenters. The lowest BCUT2D eigenvalue weighted by Crippen LogP contribution is -2.14. The number of aromatic nitrogens is 2. The monoisotopic (exact) mass is 507 g/mol. The van der Waals surface area contributed by atoms with E-state index in [9.17, 15) is 13.2 Å². The van der Waals surface area contributed by atoms with Crippen molar-refractivity contribution in [3.63, 3.8) is 0 Å². The third kappa shape index (κ3) is 5.47. The van der Waals surface area contributed by atoms with Gasteiger partial charge in [-0.3, -0.25) is 9.89 Å². The number of amides is 1. The number of halogens is 1. The van der Waals surface area contributed by atoms with Crippen molar-refractivity contribution < 1.29 is 13.2 Å². The Morgan fingerprint density at radius 2 is 1.66 bits per heavy atom. The van der Waals surface area contributed by atoms with Crippen molar-refractivity contribution in [2.45, 2.75) is 31.1 Å². The lowest BCUT2D eigenvalue weighted by molar-refractivity contribution is 0.102. The molecule has 4 aromatic rings. The highest BCUT2D eigenvalue weighted by Crippen LogP contribution is 2.32. The number of rotatable bonds is 5. The Balaban J connectivity index is 1.74. The number of hydrogen-bond donors (Lipinski definition) is 2. The second-order valence-corrected chi connectivity index (χ2v) is 11.8. The van der Waals surface area contributed by atoms with E-state index in [2.05, 4.69) is 36.3 Å². The molecule has 1 heterocycles. The maximum absolute atomic E-state index is 13.4. The summed E-state index contributed by atoms with van der Waals surface area (Å²) in [6.07, 6.45) is 2.77. The van der Waals surface area contributed by atoms with Gasteiger partial charge in [0.05, 0.1) is 15.6 Å². The lowest BCUT2D eigenvalue weighted by Gasteiger charge is -2.19. The first-order valence-electron chi connectivity index (χ1n) is 11.0. The van der Waals surface area contributed by atoms with Crippen LogP contribution in [-0.2, 0) is 15.3 Å². The quantitative estimate of drug-likeness (QED) is 0.329. The van der Waals surface area contributed by atoms with Gasteiger partial charge in [-0.2, -0.15) is 5.10 Å². The Morgan fingerprint density at radius 1 is 0.943 bits per heavy atom. The summed E-state index contributed by atoms with van der Waals surface area (Å²) in [5.41, 5.74) is 4.73. The van der Waals surface area contributed by atoms with Gasteiger partial charge in [-0.05, 0) is 64.6 Å². The van der Waals surface area contributed by atoms with Crippen molar-refractivity contribution in [1.82, 2.24) is 10.2 Å². The average Bonchev–Trinajstić information content (AvgIpc) is 3.33. The normalized spacial score (nSPS) is 11.9. The summed E-state index contributed by atoms with van der Waals surface area (Å²) >= 11 is 6.33. The zero-order valence-corrected chi connectivity index (χ0v) is 21.5. The molecule has 1 aromatic heterocycles. The molecule has 180 valence electrons. The summed E-state index contributed by atoms with van der Waals surface area (Å²) in [4.78, 5) is 13.5. The van der Waals surface area contributed by atoms with Gasteiger partial charge in [0.15, 0.2) is 9.84 Å². The summed E-state index contributed by atoms with van der Waals surface area (Å²) in [6, 6.07) is 19.3. The number of anilines is 1. The molecule has 4 rings (SSSR count). The Bertz CT molecular complexity index is 1490. The number of benzene rings is 3. The fourth-order valence-electron chi connectivity index (χ4n) is 3.75. The van der Waals surface area contributed by atoms with Crippen molar-refractivity contribution in [3.05, 3.63) is 89.1 Å². The molecule has 3 aromatic carbocycles. The number of carbonyl (C=O) groups is 1. The van der Waals surface area contributed by atoms with E-state index < -0.39 is 9.84 Å². The molecule has 0 spiro atoms. The zero-order valence-electron chi connectivity index (χ0n) is 19.9. The van der Waals surface area contributed by atoms with Gasteiger partial charge in [-0.1, -0.05) is 56.6 Å². The maximum Gasteiger partial charge on any atom is 0.256 e. The van der Waals surface area contributed by atoms with Crippen LogP contribution in [0.25, 0.3) is 22.4 Å². The predicted octanol–water partition coefficient (Wildman–Crippen LogP) is 6.35. The number of nitrogens with one attached hydrogen (secondary N) is 2. The molecule has 0 saturated carbocycles. The van der Waals surface area contributed by atoms with E-state index in [1.54, 1.807) is 42.6 Å². The van der Waals surface area contributed by atoms with Crippen LogP contribution in [0.5, 0.6) is 0 Å². The molecule has 0 radical (unpaired) electrons. The van der Waals surface area contributed by atoms with E-state index in [-0.39, 0.29) is 16.2 Å². The van der Waals surface area contributed by atoms with Crippen LogP contribution in [0.1, 0.15) is 36.7 Å². The van der Waals surface area contributed by atoms with Gasteiger partial charge in [0.25, 0.3) is 5.91 Å². The first kappa shape index (κ1) is 24.7. The topological polar surface area (TPSA) is 91.9 Å². The molecule has 0 aliphatic carbocycles. The van der Waals surface area contributed by atoms with E-state index in [1.165, 1.54) is 6.07 Å². The van der Waals surface area contributed by atoms with Gasteiger partial charge >= 0.3 is 0 Å². The molecular weight excluding hydrogens is 482 g/mol. The minimum Gasteiger partial charge on any atom is -0.322 e. The van der Waals surface area contributed by atoms with Gasteiger partial charge in [0.2, 0.25) is 0 Å². The van der Waals surface area contributed by atoms with E-state index in [0.717, 1.165) is 23.1 Å². The number of carbonyl (C=O) groups excluding carboxylic acids is 1.